The third-order valence-electron chi connectivity index (χ3n) is 3.02. The van der Waals surface area contributed by atoms with Crippen molar-refractivity contribution in [3.8, 4) is 5.69 Å². The zero-order valence-electron chi connectivity index (χ0n) is 10.5. The highest BCUT2D eigenvalue weighted by atomic mass is 16.2. The topological polar surface area (TPSA) is 64.0 Å². The molecule has 0 aliphatic heterocycles. The second-order valence-corrected chi connectivity index (χ2v) is 4.24. The highest BCUT2D eigenvalue weighted by molar-refractivity contribution is 6.30. The number of aldehydes is 1. The fourth-order valence-electron chi connectivity index (χ4n) is 2.16. The third-order valence-corrected chi connectivity index (χ3v) is 3.02. The molecule has 0 fully saturated rings. The van der Waals surface area contributed by atoms with Crippen LogP contribution in [0.2, 0.25) is 0 Å². The van der Waals surface area contributed by atoms with Crippen LogP contribution in [0.1, 0.15) is 0 Å². The Morgan fingerprint density at radius 2 is 1.90 bits per heavy atom. The summed E-state index contributed by atoms with van der Waals surface area (Å²) in [7, 11) is 0. The van der Waals surface area contributed by atoms with E-state index >= 15 is 0 Å². The van der Waals surface area contributed by atoms with E-state index in [0.717, 1.165) is 16.6 Å². The first-order valence-electron chi connectivity index (χ1n) is 6.06. The van der Waals surface area contributed by atoms with Gasteiger partial charge >= 0.3 is 0 Å². The number of benzene rings is 1. The summed E-state index contributed by atoms with van der Waals surface area (Å²) in [5.41, 5.74) is 2.48. The maximum atomic E-state index is 11.3. The molecule has 0 atom stereocenters. The molecular weight excluding hydrogens is 254 g/mol. The lowest BCUT2D eigenvalue weighted by Gasteiger charge is -2.03. The average Bonchev–Trinajstić information content (AvgIpc) is 2.87. The fraction of sp³-hybridized carbons (Fsp3) is 0. The van der Waals surface area contributed by atoms with Gasteiger partial charge in [-0.05, 0) is 18.2 Å². The molecule has 0 spiro atoms. The molecule has 98 valence electrons. The standard InChI is InChI=1S/C15H11N3O2/c19-10-15(20)17-13-9-18(11-5-7-16-8-6-11)14-4-2-1-3-12(13)14/h1-10H,(H,17,20). The fourth-order valence-corrected chi connectivity index (χ4v) is 2.16. The van der Waals surface area contributed by atoms with Crippen LogP contribution in [0.4, 0.5) is 5.69 Å². The van der Waals surface area contributed by atoms with Crippen LogP contribution in [0.15, 0.2) is 55.0 Å². The SMILES string of the molecule is O=CC(=O)Nc1cn(-c2ccncc2)c2ccccc12. The number of nitrogens with one attached hydrogen (secondary N) is 1. The summed E-state index contributed by atoms with van der Waals surface area (Å²) in [5.74, 6) is -0.664. The van der Waals surface area contributed by atoms with Gasteiger partial charge in [0, 0.05) is 29.7 Å². The van der Waals surface area contributed by atoms with Gasteiger partial charge < -0.3 is 9.88 Å². The van der Waals surface area contributed by atoms with Crippen molar-refractivity contribution in [2.45, 2.75) is 0 Å². The smallest absolute Gasteiger partial charge is 0.288 e. The first-order chi connectivity index (χ1) is 9.79. The van der Waals surface area contributed by atoms with Gasteiger partial charge in [0.05, 0.1) is 11.2 Å². The summed E-state index contributed by atoms with van der Waals surface area (Å²) in [6.07, 6.45) is 5.46. The molecule has 1 aromatic carbocycles. The molecule has 3 aromatic rings. The summed E-state index contributed by atoms with van der Waals surface area (Å²) in [6, 6.07) is 11.4. The number of rotatable bonds is 3. The van der Waals surface area contributed by atoms with Crippen molar-refractivity contribution in [1.82, 2.24) is 9.55 Å². The number of para-hydroxylation sites is 1. The summed E-state index contributed by atoms with van der Waals surface area (Å²) in [4.78, 5) is 25.8. The molecule has 5 nitrogen and oxygen atoms in total. The van der Waals surface area contributed by atoms with Crippen LogP contribution in [-0.2, 0) is 9.59 Å². The molecule has 0 aliphatic carbocycles. The second kappa shape index (κ2) is 4.97. The normalized spacial score (nSPS) is 10.4. The van der Waals surface area contributed by atoms with Crippen molar-refractivity contribution in [3.63, 3.8) is 0 Å². The largest absolute Gasteiger partial charge is 0.318 e. The van der Waals surface area contributed by atoms with E-state index < -0.39 is 5.91 Å². The minimum absolute atomic E-state index is 0.262. The Morgan fingerprint density at radius 3 is 2.65 bits per heavy atom. The van der Waals surface area contributed by atoms with E-state index in [9.17, 15) is 9.59 Å². The maximum Gasteiger partial charge on any atom is 0.288 e. The van der Waals surface area contributed by atoms with E-state index in [1.54, 1.807) is 18.6 Å². The first-order valence-corrected chi connectivity index (χ1v) is 6.06. The molecule has 0 saturated carbocycles. The van der Waals surface area contributed by atoms with Crippen molar-refractivity contribution in [2.24, 2.45) is 0 Å². The van der Waals surface area contributed by atoms with Gasteiger partial charge in [-0.2, -0.15) is 0 Å². The van der Waals surface area contributed by atoms with Gasteiger partial charge in [0.15, 0.2) is 0 Å². The van der Waals surface area contributed by atoms with Gasteiger partial charge in [0.1, 0.15) is 0 Å². The summed E-state index contributed by atoms with van der Waals surface area (Å²) in [6.45, 7) is 0. The molecule has 1 N–H and O–H groups in total. The number of pyridine rings is 1. The number of carbonyl (C=O) groups excluding carboxylic acids is 2. The zero-order chi connectivity index (χ0) is 13.9. The number of hydrogen-bond acceptors (Lipinski definition) is 3. The van der Waals surface area contributed by atoms with Crippen LogP contribution < -0.4 is 5.32 Å². The lowest BCUT2D eigenvalue weighted by atomic mass is 10.2. The maximum absolute atomic E-state index is 11.3. The molecule has 3 rings (SSSR count). The van der Waals surface area contributed by atoms with Gasteiger partial charge in [-0.15, -0.1) is 0 Å². The van der Waals surface area contributed by atoms with Crippen LogP contribution in [0, 0.1) is 0 Å². The van der Waals surface area contributed by atoms with Gasteiger partial charge in [0.2, 0.25) is 6.29 Å². The molecule has 0 radical (unpaired) electrons. The monoisotopic (exact) mass is 265 g/mol. The molecule has 1 amide bonds. The average molecular weight is 265 g/mol. The Bertz CT molecular complexity index is 778. The highest BCUT2D eigenvalue weighted by Crippen LogP contribution is 2.28. The highest BCUT2D eigenvalue weighted by Gasteiger charge is 2.11. The van der Waals surface area contributed by atoms with Crippen LogP contribution in [0.5, 0.6) is 0 Å². The number of fused-ring (bicyclic) bond motifs is 1. The van der Waals surface area contributed by atoms with Crippen LogP contribution in [0.25, 0.3) is 16.6 Å². The zero-order valence-corrected chi connectivity index (χ0v) is 10.5. The van der Waals surface area contributed by atoms with Gasteiger partial charge in [-0.3, -0.25) is 14.6 Å². The number of carbonyl (C=O) groups is 2. The molecule has 20 heavy (non-hydrogen) atoms. The first kappa shape index (κ1) is 12.1. The number of hydrogen-bond donors (Lipinski definition) is 1. The van der Waals surface area contributed by atoms with Gasteiger partial charge in [-0.1, -0.05) is 18.2 Å². The van der Waals surface area contributed by atoms with E-state index in [1.807, 2.05) is 41.0 Å². The Morgan fingerprint density at radius 1 is 1.15 bits per heavy atom. The van der Waals surface area contributed by atoms with E-state index in [2.05, 4.69) is 10.3 Å². The minimum Gasteiger partial charge on any atom is -0.318 e. The van der Waals surface area contributed by atoms with Crippen molar-refractivity contribution in [1.29, 1.82) is 0 Å². The number of nitrogens with zero attached hydrogens (tertiary/aromatic N) is 2. The van der Waals surface area contributed by atoms with E-state index in [0.29, 0.717) is 5.69 Å². The number of anilines is 1. The predicted octanol–water partition coefficient (Wildman–Crippen LogP) is 2.16. The molecule has 0 aliphatic rings. The Labute approximate surface area is 114 Å². The van der Waals surface area contributed by atoms with Crippen LogP contribution in [0.3, 0.4) is 0 Å². The van der Waals surface area contributed by atoms with Gasteiger partial charge in [-0.25, -0.2) is 0 Å². The lowest BCUT2D eigenvalue weighted by molar-refractivity contribution is -0.127. The molecular formula is C15H11N3O2. The minimum atomic E-state index is -0.664. The van der Waals surface area contributed by atoms with Crippen molar-refractivity contribution in [2.75, 3.05) is 5.32 Å². The Kier molecular flexibility index (Phi) is 3.01. The molecule has 0 unspecified atom stereocenters. The number of amides is 1. The third kappa shape index (κ3) is 2.05. The van der Waals surface area contributed by atoms with Crippen molar-refractivity contribution in [3.05, 3.63) is 55.0 Å². The Hall–Kier alpha value is -2.95. The van der Waals surface area contributed by atoms with Crippen molar-refractivity contribution < 1.29 is 9.59 Å². The van der Waals surface area contributed by atoms with E-state index in [-0.39, 0.29) is 6.29 Å². The van der Waals surface area contributed by atoms with Crippen molar-refractivity contribution >= 4 is 28.8 Å². The quantitative estimate of drug-likeness (QED) is 0.583. The van der Waals surface area contributed by atoms with Gasteiger partial charge in [0.25, 0.3) is 5.91 Å². The van der Waals surface area contributed by atoms with E-state index in [4.69, 9.17) is 0 Å². The lowest BCUT2D eigenvalue weighted by Crippen LogP contribution is -2.11. The molecule has 0 bridgehead atoms. The number of aromatic nitrogens is 2. The van der Waals surface area contributed by atoms with Crippen LogP contribution in [-0.4, -0.2) is 21.7 Å². The molecule has 0 saturated heterocycles. The molecule has 2 aromatic heterocycles. The summed E-state index contributed by atoms with van der Waals surface area (Å²) >= 11 is 0. The molecule has 2 heterocycles. The summed E-state index contributed by atoms with van der Waals surface area (Å²) in [5, 5.41) is 3.46. The predicted molar refractivity (Wildman–Crippen MR) is 75.8 cm³/mol. The molecule has 5 heteroatoms. The Balaban J connectivity index is 2.19. The second-order valence-electron chi connectivity index (χ2n) is 4.24. The summed E-state index contributed by atoms with van der Waals surface area (Å²) < 4.78 is 1.94. The van der Waals surface area contributed by atoms with E-state index in [1.165, 1.54) is 0 Å². The van der Waals surface area contributed by atoms with Crippen LogP contribution >= 0.6 is 0 Å².